The number of carboxylic acid groups (broad SMARTS) is 1. The van der Waals surface area contributed by atoms with Crippen LogP contribution in [0.25, 0.3) is 32.7 Å². The van der Waals surface area contributed by atoms with Crippen molar-refractivity contribution in [2.24, 2.45) is 17.2 Å². The number of carbonyl (C=O) groups is 6. The van der Waals surface area contributed by atoms with Crippen molar-refractivity contribution in [3.8, 4) is 17.2 Å². The smallest absolute Gasteiger partial charge is 0.477 e. The van der Waals surface area contributed by atoms with Gasteiger partial charge in [0.05, 0.1) is 45.9 Å². The third-order valence-electron chi connectivity index (χ3n) is 12.5. The average Bonchev–Trinajstić information content (AvgIpc) is 0.784. The number of nitrogens with one attached hydrogen (secondary N) is 1. The number of nitrogens with zero attached hydrogens (tertiary/aromatic N) is 2. The Labute approximate surface area is 515 Å². The first-order valence-corrected chi connectivity index (χ1v) is 26.8. The van der Waals surface area contributed by atoms with Gasteiger partial charge in [0.2, 0.25) is 34.0 Å². The zero-order valence-electron chi connectivity index (χ0n) is 47.5. The number of pyridine rings is 3. The number of carboxylic acids is 1. The van der Waals surface area contributed by atoms with Crippen molar-refractivity contribution in [2.75, 3.05) is 13.2 Å². The summed E-state index contributed by atoms with van der Waals surface area (Å²) in [5.41, 5.74) is 14.4. The first kappa shape index (κ1) is 69.9. The van der Waals surface area contributed by atoms with E-state index < -0.39 is 93.8 Å². The number of aromatic carboxylic acids is 1. The Kier molecular flexibility index (Phi) is 22.7. The number of esters is 2. The molecule has 0 unspecified atom stereocenters. The molecule has 482 valence electrons. The molecule has 6 aromatic carbocycles. The lowest BCUT2D eigenvalue weighted by molar-refractivity contribution is -0.275. The van der Waals surface area contributed by atoms with E-state index in [1.54, 1.807) is 50.2 Å². The van der Waals surface area contributed by atoms with E-state index in [4.69, 9.17) is 38.3 Å². The van der Waals surface area contributed by atoms with Crippen LogP contribution < -0.4 is 47.7 Å². The predicted octanol–water partition coefficient (Wildman–Crippen LogP) is 10.1. The zero-order valence-corrected chi connectivity index (χ0v) is 48.2. The quantitative estimate of drug-likeness (QED) is 0.0341. The van der Waals surface area contributed by atoms with Gasteiger partial charge in [-0.05, 0) is 103 Å². The van der Waals surface area contributed by atoms with Crippen LogP contribution in [0.2, 0.25) is 0 Å². The molecule has 0 aliphatic carbocycles. The lowest BCUT2D eigenvalue weighted by Gasteiger charge is -2.17. The van der Waals surface area contributed by atoms with Crippen LogP contribution in [0.3, 0.4) is 0 Å². The fraction of sp³-hybridized carbons (Fsp3) is 0.164. The number of nitrogens with two attached hydrogens (primary N) is 3. The maximum atomic E-state index is 12.9. The molecule has 31 heteroatoms. The zero-order chi connectivity index (χ0) is 68.0. The summed E-state index contributed by atoms with van der Waals surface area (Å²) in [4.78, 5) is 108. The SMILES string of the molecule is CCOC(=O)c1c[nH]c2c(OC(F)(F)F)cccc2c1=O.CCOC(=O)c1cn(Cc2ccc(C(N)=O)cc2)c2c(OC(F)(F)F)cccc2c1=O.NC(=O)c1ccc(CCl)cc1.NC(=O)c1ccc(Cn2cc(C(=O)O)c(=O)c3cccc(OC(F)(F)F)c32)cc1. The fourth-order valence-electron chi connectivity index (χ4n) is 8.52. The largest absolute Gasteiger partial charge is 0.573 e. The van der Waals surface area contributed by atoms with Gasteiger partial charge in [-0.2, -0.15) is 0 Å². The monoisotopic (exact) mass is 1310 g/mol. The maximum Gasteiger partial charge on any atom is 0.573 e. The minimum atomic E-state index is -5.01. The van der Waals surface area contributed by atoms with Crippen molar-refractivity contribution in [2.45, 2.75) is 51.9 Å². The Hall–Kier alpha value is -11.2. The number of H-pyrrole nitrogens is 1. The number of benzene rings is 6. The number of fused-ring (bicyclic) bond motifs is 3. The van der Waals surface area contributed by atoms with E-state index >= 15 is 0 Å². The molecule has 0 saturated heterocycles. The summed E-state index contributed by atoms with van der Waals surface area (Å²) in [6.07, 6.45) is -11.8. The van der Waals surface area contributed by atoms with E-state index in [0.717, 1.165) is 42.4 Å². The molecule has 92 heavy (non-hydrogen) atoms. The molecule has 0 spiro atoms. The number of primary amides is 3. The van der Waals surface area contributed by atoms with E-state index in [9.17, 15) is 87.8 Å². The molecule has 0 radical (unpaired) electrons. The van der Waals surface area contributed by atoms with Crippen LogP contribution in [0.4, 0.5) is 39.5 Å². The maximum absolute atomic E-state index is 12.9. The van der Waals surface area contributed by atoms with E-state index in [1.807, 2.05) is 0 Å². The van der Waals surface area contributed by atoms with Crippen LogP contribution >= 0.6 is 11.6 Å². The van der Waals surface area contributed by atoms with E-state index in [1.165, 1.54) is 81.9 Å². The van der Waals surface area contributed by atoms with Crippen LogP contribution in [0.1, 0.15) is 92.7 Å². The molecule has 3 aromatic heterocycles. The molecule has 0 saturated carbocycles. The van der Waals surface area contributed by atoms with Gasteiger partial charge in [-0.15, -0.1) is 51.1 Å². The van der Waals surface area contributed by atoms with Gasteiger partial charge in [-0.1, -0.05) is 54.6 Å². The number of hydrogen-bond donors (Lipinski definition) is 5. The number of carbonyl (C=O) groups excluding carboxylic acids is 5. The molecule has 8 N–H and O–H groups in total. The highest BCUT2D eigenvalue weighted by atomic mass is 35.5. The summed E-state index contributed by atoms with van der Waals surface area (Å²) >= 11 is 5.54. The van der Waals surface area contributed by atoms with Crippen molar-refractivity contribution >= 4 is 79.9 Å². The standard InChI is InChI=1S/C21H17F3N2O5.C19H13F3N2O5.C13H10F3NO4.C8H8ClNO/c1-2-30-20(29)15-11-26(10-12-6-8-13(9-7-12)19(25)28)17-14(18(15)27)4-3-5-16(17)31-21(22,23)24;20-19(21,22)29-14-3-1-2-12-15(14)24(9-13(16(12)25)18(27)28)8-10-4-6-11(7-5-10)17(23)26;1-2-20-12(19)8-6-17-10-7(11(8)18)4-3-5-9(10)21-13(14,15)16;9-5-6-1-3-7(4-2-6)8(10)11/h3-9,11H,2,10H2,1H3,(H2,25,28);1-7,9H,8H2,(H2,23,26)(H,27,28);3-6H,2H2,1H3,(H,17,18);1-4H,5H2,(H2,10,11). The highest BCUT2D eigenvalue weighted by Crippen LogP contribution is 2.33. The molecule has 3 heterocycles. The van der Waals surface area contributed by atoms with Gasteiger partial charge < -0.3 is 60.1 Å². The van der Waals surface area contributed by atoms with Crippen molar-refractivity contribution in [3.63, 3.8) is 0 Å². The van der Waals surface area contributed by atoms with Crippen molar-refractivity contribution in [1.29, 1.82) is 0 Å². The van der Waals surface area contributed by atoms with Crippen molar-refractivity contribution in [3.05, 3.63) is 227 Å². The Balaban J connectivity index is 0.000000205. The highest BCUT2D eigenvalue weighted by Gasteiger charge is 2.35. The normalized spacial score (nSPS) is 11.2. The number of halogens is 10. The number of aromatic nitrogens is 3. The fourth-order valence-corrected chi connectivity index (χ4v) is 8.69. The third-order valence-corrected chi connectivity index (χ3v) is 12.8. The first-order valence-electron chi connectivity index (χ1n) is 26.3. The molecular formula is C61H48ClF9N6O15. The minimum Gasteiger partial charge on any atom is -0.477 e. The summed E-state index contributed by atoms with van der Waals surface area (Å²) in [6.45, 7) is 3.11. The number of ether oxygens (including phenoxy) is 5. The van der Waals surface area contributed by atoms with Crippen LogP contribution in [0.5, 0.6) is 17.2 Å². The van der Waals surface area contributed by atoms with Gasteiger partial charge in [0, 0.05) is 54.3 Å². The lowest BCUT2D eigenvalue weighted by Crippen LogP contribution is -2.23. The predicted molar refractivity (Wildman–Crippen MR) is 313 cm³/mol. The molecule has 0 bridgehead atoms. The first-order chi connectivity index (χ1) is 43.2. The molecule has 3 amide bonds. The number of aromatic amines is 1. The van der Waals surface area contributed by atoms with Crippen LogP contribution in [0.15, 0.2) is 160 Å². The Bertz CT molecular complexity index is 4420. The van der Waals surface area contributed by atoms with Gasteiger partial charge in [-0.3, -0.25) is 28.8 Å². The van der Waals surface area contributed by atoms with E-state index in [2.05, 4.69) is 19.2 Å². The second-order valence-corrected chi connectivity index (χ2v) is 19.0. The van der Waals surface area contributed by atoms with Gasteiger partial charge in [-0.25, -0.2) is 14.4 Å². The molecular weight excluding hydrogens is 1260 g/mol. The molecule has 0 atom stereocenters. The molecule has 0 aliphatic heterocycles. The molecule has 21 nitrogen and oxygen atoms in total. The Morgan fingerprint density at radius 2 is 0.815 bits per heavy atom. The average molecular weight is 1310 g/mol. The lowest BCUT2D eigenvalue weighted by atomic mass is 10.1. The summed E-state index contributed by atoms with van der Waals surface area (Å²) in [5, 5.41) is 8.82. The number of para-hydroxylation sites is 3. The van der Waals surface area contributed by atoms with Gasteiger partial charge >= 0.3 is 37.0 Å². The van der Waals surface area contributed by atoms with Gasteiger partial charge in [0.1, 0.15) is 16.7 Å². The molecule has 9 rings (SSSR count). The van der Waals surface area contributed by atoms with Crippen LogP contribution in [-0.4, -0.2) is 87.2 Å². The van der Waals surface area contributed by atoms with Crippen molar-refractivity contribution in [1.82, 2.24) is 14.1 Å². The highest BCUT2D eigenvalue weighted by molar-refractivity contribution is 6.17. The Morgan fingerprint density at radius 1 is 0.478 bits per heavy atom. The second-order valence-electron chi connectivity index (χ2n) is 18.7. The number of amides is 3. The summed E-state index contributed by atoms with van der Waals surface area (Å²) in [6, 6.07) is 29.4. The molecule has 9 aromatic rings. The summed E-state index contributed by atoms with van der Waals surface area (Å²) in [5.74, 6) is -6.28. The topological polar surface area (TPSA) is 324 Å². The minimum absolute atomic E-state index is 0.0160. The van der Waals surface area contributed by atoms with Gasteiger partial charge in [0.15, 0.2) is 17.2 Å². The van der Waals surface area contributed by atoms with E-state index in [-0.39, 0.29) is 81.3 Å². The molecule has 0 aliphatic rings. The number of rotatable bonds is 16. The van der Waals surface area contributed by atoms with E-state index in [0.29, 0.717) is 22.6 Å². The van der Waals surface area contributed by atoms with Crippen LogP contribution in [0, 0.1) is 0 Å². The summed E-state index contributed by atoms with van der Waals surface area (Å²) in [7, 11) is 0. The third kappa shape index (κ3) is 18.5. The number of hydrogen-bond acceptors (Lipinski definition) is 14. The Morgan fingerprint density at radius 3 is 1.18 bits per heavy atom. The number of alkyl halides is 10. The van der Waals surface area contributed by atoms with Crippen molar-refractivity contribution < 1.29 is 97.1 Å². The van der Waals surface area contributed by atoms with Crippen LogP contribution in [-0.2, 0) is 28.4 Å². The van der Waals surface area contributed by atoms with Gasteiger partial charge in [0.25, 0.3) is 0 Å². The molecule has 0 fully saturated rings. The summed E-state index contributed by atoms with van der Waals surface area (Å²) < 4.78 is 138. The second kappa shape index (κ2) is 29.9.